The highest BCUT2D eigenvalue weighted by molar-refractivity contribution is 5.91. The van der Waals surface area contributed by atoms with E-state index in [1.807, 2.05) is 39.0 Å². The van der Waals surface area contributed by atoms with E-state index < -0.39 is 11.7 Å². The molecule has 2 N–H and O–H groups in total. The molecular formula is C21H29N3O3. The van der Waals surface area contributed by atoms with Crippen LogP contribution in [0.2, 0.25) is 0 Å². The Morgan fingerprint density at radius 1 is 1.22 bits per heavy atom. The highest BCUT2D eigenvalue weighted by Gasteiger charge is 2.20. The van der Waals surface area contributed by atoms with Gasteiger partial charge in [-0.05, 0) is 45.6 Å². The number of amides is 1. The molecule has 2 rings (SSSR count). The van der Waals surface area contributed by atoms with Gasteiger partial charge in [0.2, 0.25) is 0 Å². The Balaban J connectivity index is 1.93. The lowest BCUT2D eigenvalue weighted by Crippen LogP contribution is -2.40. The van der Waals surface area contributed by atoms with Crippen LogP contribution in [-0.4, -0.2) is 33.5 Å². The maximum absolute atomic E-state index is 12.2. The second kappa shape index (κ2) is 9.35. The largest absolute Gasteiger partial charge is 0.444 e. The van der Waals surface area contributed by atoms with Crippen molar-refractivity contribution in [3.63, 3.8) is 0 Å². The molecule has 0 radical (unpaired) electrons. The first kappa shape index (κ1) is 20.7. The van der Waals surface area contributed by atoms with Gasteiger partial charge in [0.05, 0.1) is 6.20 Å². The molecule has 2 aromatic rings. The first-order valence-corrected chi connectivity index (χ1v) is 9.31. The molecule has 0 saturated carbocycles. The summed E-state index contributed by atoms with van der Waals surface area (Å²) < 4.78 is 5.39. The topological polar surface area (TPSA) is 84.1 Å². The molecule has 6 nitrogen and oxygen atoms in total. The minimum atomic E-state index is -0.529. The van der Waals surface area contributed by atoms with Gasteiger partial charge in [0.15, 0.2) is 5.78 Å². The Morgan fingerprint density at radius 3 is 2.52 bits per heavy atom. The maximum atomic E-state index is 12.2. The summed E-state index contributed by atoms with van der Waals surface area (Å²) in [6.45, 7) is 7.06. The number of benzene rings is 1. The Labute approximate surface area is 160 Å². The number of ether oxygens (including phenoxy) is 1. The van der Waals surface area contributed by atoms with Crippen molar-refractivity contribution < 1.29 is 14.3 Å². The minimum absolute atomic E-state index is 0.0257. The fraction of sp³-hybridized carbons (Fsp3) is 0.476. The fourth-order valence-corrected chi connectivity index (χ4v) is 2.78. The van der Waals surface area contributed by atoms with E-state index in [0.29, 0.717) is 12.1 Å². The SMILES string of the molecule is CC(=O)c1cnc(CCCC(Cc2ccccc2)NC(=O)OC(C)(C)C)[nH]1. The molecule has 1 amide bonds. The summed E-state index contributed by atoms with van der Waals surface area (Å²) in [6, 6.07) is 10.0. The molecule has 146 valence electrons. The van der Waals surface area contributed by atoms with Crippen LogP contribution in [0.3, 0.4) is 0 Å². The fourth-order valence-electron chi connectivity index (χ4n) is 2.78. The number of nitrogens with one attached hydrogen (secondary N) is 2. The first-order chi connectivity index (χ1) is 12.7. The van der Waals surface area contributed by atoms with Crippen LogP contribution in [-0.2, 0) is 17.6 Å². The number of hydrogen-bond acceptors (Lipinski definition) is 4. The molecule has 1 unspecified atom stereocenters. The standard InChI is InChI=1S/C21H29N3O3/c1-15(25)18-14-22-19(24-18)12-8-11-17(13-16-9-6-5-7-10-16)23-20(26)27-21(2,3)4/h5-7,9-10,14,17H,8,11-13H2,1-4H3,(H,22,24)(H,23,26). The van der Waals surface area contributed by atoms with E-state index >= 15 is 0 Å². The van der Waals surface area contributed by atoms with E-state index in [1.165, 1.54) is 6.92 Å². The van der Waals surface area contributed by atoms with Gasteiger partial charge in [-0.1, -0.05) is 30.3 Å². The van der Waals surface area contributed by atoms with Crippen molar-refractivity contribution >= 4 is 11.9 Å². The van der Waals surface area contributed by atoms with Crippen molar-refractivity contribution in [2.75, 3.05) is 0 Å². The lowest BCUT2D eigenvalue weighted by molar-refractivity contribution is 0.0501. The maximum Gasteiger partial charge on any atom is 0.407 e. The molecular weight excluding hydrogens is 342 g/mol. The summed E-state index contributed by atoms with van der Waals surface area (Å²) in [5, 5.41) is 2.99. The minimum Gasteiger partial charge on any atom is -0.444 e. The van der Waals surface area contributed by atoms with Crippen LogP contribution in [0.4, 0.5) is 4.79 Å². The van der Waals surface area contributed by atoms with Gasteiger partial charge in [-0.25, -0.2) is 9.78 Å². The van der Waals surface area contributed by atoms with E-state index in [1.54, 1.807) is 6.20 Å². The zero-order valence-corrected chi connectivity index (χ0v) is 16.5. The normalized spacial score (nSPS) is 12.4. The van der Waals surface area contributed by atoms with Crippen LogP contribution < -0.4 is 5.32 Å². The summed E-state index contributed by atoms with van der Waals surface area (Å²) in [6.07, 6.45) is 4.23. The van der Waals surface area contributed by atoms with Crippen molar-refractivity contribution in [2.24, 2.45) is 0 Å². The van der Waals surface area contributed by atoms with Gasteiger partial charge in [0.1, 0.15) is 17.1 Å². The molecule has 27 heavy (non-hydrogen) atoms. The van der Waals surface area contributed by atoms with Crippen LogP contribution in [0.5, 0.6) is 0 Å². The second-order valence-electron chi connectivity index (χ2n) is 7.72. The summed E-state index contributed by atoms with van der Waals surface area (Å²) >= 11 is 0. The van der Waals surface area contributed by atoms with Crippen LogP contribution in [0.25, 0.3) is 0 Å². The number of carbonyl (C=O) groups is 2. The monoisotopic (exact) mass is 371 g/mol. The quantitative estimate of drug-likeness (QED) is 0.685. The molecule has 0 spiro atoms. The van der Waals surface area contributed by atoms with Gasteiger partial charge in [0.25, 0.3) is 0 Å². The molecule has 1 aromatic heterocycles. The summed E-state index contributed by atoms with van der Waals surface area (Å²) in [5.41, 5.74) is 1.16. The number of imidazole rings is 1. The van der Waals surface area contributed by atoms with Crippen molar-refractivity contribution in [1.29, 1.82) is 0 Å². The van der Waals surface area contributed by atoms with Crippen molar-refractivity contribution in [3.05, 3.63) is 53.6 Å². The summed E-state index contributed by atoms with van der Waals surface area (Å²) in [4.78, 5) is 30.8. The average Bonchev–Trinajstić information content (AvgIpc) is 3.03. The third-order valence-corrected chi connectivity index (χ3v) is 4.02. The number of aryl methyl sites for hydroxylation is 1. The molecule has 0 saturated heterocycles. The van der Waals surface area contributed by atoms with E-state index in [-0.39, 0.29) is 11.8 Å². The van der Waals surface area contributed by atoms with Gasteiger partial charge < -0.3 is 15.0 Å². The number of rotatable bonds is 8. The zero-order chi connectivity index (χ0) is 19.9. The van der Waals surface area contributed by atoms with Gasteiger partial charge >= 0.3 is 6.09 Å². The number of hydrogen-bond donors (Lipinski definition) is 2. The third-order valence-electron chi connectivity index (χ3n) is 4.02. The molecule has 6 heteroatoms. The van der Waals surface area contributed by atoms with Gasteiger partial charge in [-0.15, -0.1) is 0 Å². The van der Waals surface area contributed by atoms with Crippen molar-refractivity contribution in [2.45, 2.75) is 65.0 Å². The molecule has 0 aliphatic carbocycles. The summed E-state index contributed by atoms with van der Waals surface area (Å²) in [7, 11) is 0. The third kappa shape index (κ3) is 7.64. The van der Waals surface area contributed by atoms with Crippen molar-refractivity contribution in [1.82, 2.24) is 15.3 Å². The van der Waals surface area contributed by atoms with E-state index in [0.717, 1.165) is 30.7 Å². The molecule has 1 aromatic carbocycles. The number of Topliss-reactive ketones (excluding diaryl/α,β-unsaturated/α-hetero) is 1. The predicted molar refractivity (Wildman–Crippen MR) is 105 cm³/mol. The predicted octanol–water partition coefficient (Wildman–Crippen LogP) is 4.07. The Bertz CT molecular complexity index is 748. The molecule has 0 fully saturated rings. The number of H-pyrrole nitrogens is 1. The molecule has 0 aliphatic rings. The van der Waals surface area contributed by atoms with E-state index in [9.17, 15) is 9.59 Å². The lowest BCUT2D eigenvalue weighted by atomic mass is 10.0. The Hall–Kier alpha value is -2.63. The number of alkyl carbamates (subject to hydrolysis) is 1. The lowest BCUT2D eigenvalue weighted by Gasteiger charge is -2.24. The van der Waals surface area contributed by atoms with Crippen LogP contribution in [0, 0.1) is 0 Å². The highest BCUT2D eigenvalue weighted by Crippen LogP contribution is 2.12. The van der Waals surface area contributed by atoms with E-state index in [2.05, 4.69) is 27.4 Å². The van der Waals surface area contributed by atoms with Gasteiger partial charge in [-0.3, -0.25) is 4.79 Å². The van der Waals surface area contributed by atoms with Crippen molar-refractivity contribution in [3.8, 4) is 0 Å². The molecule has 0 bridgehead atoms. The molecule has 1 heterocycles. The number of ketones is 1. The summed E-state index contributed by atoms with van der Waals surface area (Å²) in [5.74, 6) is 0.762. The van der Waals surface area contributed by atoms with E-state index in [4.69, 9.17) is 4.74 Å². The molecule has 1 atom stereocenters. The number of carbonyl (C=O) groups excluding carboxylic acids is 2. The Morgan fingerprint density at radius 2 is 1.93 bits per heavy atom. The van der Waals surface area contributed by atoms with Crippen LogP contribution in [0.15, 0.2) is 36.5 Å². The average molecular weight is 371 g/mol. The number of nitrogens with zero attached hydrogens (tertiary/aromatic N) is 1. The van der Waals surface area contributed by atoms with Crippen LogP contribution >= 0.6 is 0 Å². The van der Waals surface area contributed by atoms with Gasteiger partial charge in [-0.2, -0.15) is 0 Å². The second-order valence-corrected chi connectivity index (χ2v) is 7.72. The van der Waals surface area contributed by atoms with Crippen LogP contribution in [0.1, 0.15) is 62.4 Å². The highest BCUT2D eigenvalue weighted by atomic mass is 16.6. The zero-order valence-electron chi connectivity index (χ0n) is 16.5. The molecule has 0 aliphatic heterocycles. The smallest absolute Gasteiger partial charge is 0.407 e. The number of aromatic nitrogens is 2. The van der Waals surface area contributed by atoms with Gasteiger partial charge in [0, 0.05) is 19.4 Å². The Kier molecular flexibility index (Phi) is 7.16. The number of aromatic amines is 1. The first-order valence-electron chi connectivity index (χ1n) is 9.31.